The summed E-state index contributed by atoms with van der Waals surface area (Å²) in [5, 5.41) is 3.46. The SMILES string of the molecule is CC1CCCC(N(C)CC2CCNCC2)C1. The Hall–Kier alpha value is -0.0800. The second-order valence-electron chi connectivity index (χ2n) is 6.06. The molecule has 0 aromatic carbocycles. The Balaban J connectivity index is 1.75. The maximum atomic E-state index is 3.46. The van der Waals surface area contributed by atoms with Crippen molar-refractivity contribution >= 4 is 0 Å². The third kappa shape index (κ3) is 3.46. The van der Waals surface area contributed by atoms with E-state index in [-0.39, 0.29) is 0 Å². The summed E-state index contributed by atoms with van der Waals surface area (Å²) in [5.74, 6) is 1.90. The van der Waals surface area contributed by atoms with Gasteiger partial charge in [-0.25, -0.2) is 0 Å². The van der Waals surface area contributed by atoms with E-state index in [4.69, 9.17) is 0 Å². The molecule has 1 N–H and O–H groups in total. The highest BCUT2D eigenvalue weighted by molar-refractivity contribution is 4.79. The lowest BCUT2D eigenvalue weighted by Gasteiger charge is -2.37. The van der Waals surface area contributed by atoms with Gasteiger partial charge in [-0.2, -0.15) is 0 Å². The van der Waals surface area contributed by atoms with Gasteiger partial charge in [-0.15, -0.1) is 0 Å². The molecule has 1 saturated heterocycles. The Morgan fingerprint density at radius 2 is 1.88 bits per heavy atom. The zero-order valence-corrected chi connectivity index (χ0v) is 11.0. The molecule has 2 aliphatic rings. The Bertz CT molecular complexity index is 199. The number of hydrogen-bond donors (Lipinski definition) is 1. The molecule has 2 nitrogen and oxygen atoms in total. The maximum absolute atomic E-state index is 3.46. The lowest BCUT2D eigenvalue weighted by atomic mass is 9.85. The van der Waals surface area contributed by atoms with Crippen LogP contribution < -0.4 is 5.32 Å². The van der Waals surface area contributed by atoms with E-state index in [2.05, 4.69) is 24.2 Å². The van der Waals surface area contributed by atoms with Crippen molar-refractivity contribution in [3.05, 3.63) is 0 Å². The predicted octanol–water partition coefficient (Wildman–Crippen LogP) is 2.50. The van der Waals surface area contributed by atoms with Gasteiger partial charge < -0.3 is 10.2 Å². The maximum Gasteiger partial charge on any atom is 0.00948 e. The van der Waals surface area contributed by atoms with Crippen molar-refractivity contribution in [2.45, 2.75) is 51.5 Å². The Labute approximate surface area is 101 Å². The summed E-state index contributed by atoms with van der Waals surface area (Å²) in [4.78, 5) is 2.66. The van der Waals surface area contributed by atoms with Crippen molar-refractivity contribution in [1.29, 1.82) is 0 Å². The lowest BCUT2D eigenvalue weighted by Crippen LogP contribution is -2.41. The third-order valence-electron chi connectivity index (χ3n) is 4.54. The minimum atomic E-state index is 0.874. The van der Waals surface area contributed by atoms with Gasteiger partial charge in [0.15, 0.2) is 0 Å². The summed E-state index contributed by atoms with van der Waals surface area (Å²) in [6.45, 7) is 6.22. The minimum absolute atomic E-state index is 0.874. The molecule has 2 atom stereocenters. The standard InChI is InChI=1S/C14H28N2/c1-12-4-3-5-14(10-12)16(2)11-13-6-8-15-9-7-13/h12-15H,3-11H2,1-2H3. The van der Waals surface area contributed by atoms with Gasteiger partial charge in [0.25, 0.3) is 0 Å². The first-order valence-electron chi connectivity index (χ1n) is 7.16. The fourth-order valence-corrected chi connectivity index (χ4v) is 3.42. The molecule has 0 radical (unpaired) electrons. The Kier molecular flexibility index (Phi) is 4.66. The normalized spacial score (nSPS) is 33.2. The highest BCUT2D eigenvalue weighted by atomic mass is 15.1. The molecule has 1 aliphatic carbocycles. The molecule has 0 spiro atoms. The van der Waals surface area contributed by atoms with E-state index in [9.17, 15) is 0 Å². The molecule has 0 amide bonds. The van der Waals surface area contributed by atoms with Crippen LogP contribution in [0.15, 0.2) is 0 Å². The summed E-state index contributed by atoms with van der Waals surface area (Å²) < 4.78 is 0. The quantitative estimate of drug-likeness (QED) is 0.792. The number of hydrogen-bond acceptors (Lipinski definition) is 2. The number of nitrogens with one attached hydrogen (secondary N) is 1. The van der Waals surface area contributed by atoms with Crippen LogP contribution in [-0.4, -0.2) is 37.6 Å². The topological polar surface area (TPSA) is 15.3 Å². The lowest BCUT2D eigenvalue weighted by molar-refractivity contribution is 0.134. The number of rotatable bonds is 3. The number of nitrogens with zero attached hydrogens (tertiary/aromatic N) is 1. The molecule has 2 unspecified atom stereocenters. The van der Waals surface area contributed by atoms with Gasteiger partial charge in [0.2, 0.25) is 0 Å². The Morgan fingerprint density at radius 1 is 1.12 bits per heavy atom. The fourth-order valence-electron chi connectivity index (χ4n) is 3.42. The highest BCUT2D eigenvalue weighted by Gasteiger charge is 2.24. The summed E-state index contributed by atoms with van der Waals surface area (Å²) in [5.41, 5.74) is 0. The first kappa shape index (κ1) is 12.4. The van der Waals surface area contributed by atoms with E-state index in [1.807, 2.05) is 0 Å². The molecular formula is C14H28N2. The Morgan fingerprint density at radius 3 is 2.56 bits per heavy atom. The molecule has 0 aromatic rings. The van der Waals surface area contributed by atoms with Gasteiger partial charge in [-0.05, 0) is 57.7 Å². The summed E-state index contributed by atoms with van der Waals surface area (Å²) in [6.07, 6.45) is 8.53. The van der Waals surface area contributed by atoms with E-state index in [0.29, 0.717) is 0 Å². The van der Waals surface area contributed by atoms with Gasteiger partial charge >= 0.3 is 0 Å². The van der Waals surface area contributed by atoms with Gasteiger partial charge in [0.05, 0.1) is 0 Å². The van der Waals surface area contributed by atoms with Crippen LogP contribution in [0.1, 0.15) is 45.4 Å². The van der Waals surface area contributed by atoms with Gasteiger partial charge in [-0.3, -0.25) is 0 Å². The van der Waals surface area contributed by atoms with Crippen LogP contribution >= 0.6 is 0 Å². The monoisotopic (exact) mass is 224 g/mol. The van der Waals surface area contributed by atoms with Gasteiger partial charge in [-0.1, -0.05) is 19.8 Å². The summed E-state index contributed by atoms with van der Waals surface area (Å²) in [6, 6.07) is 0.874. The van der Waals surface area contributed by atoms with Crippen molar-refractivity contribution in [3.8, 4) is 0 Å². The van der Waals surface area contributed by atoms with Crippen molar-refractivity contribution in [2.75, 3.05) is 26.7 Å². The van der Waals surface area contributed by atoms with E-state index < -0.39 is 0 Å². The first-order valence-corrected chi connectivity index (χ1v) is 7.16. The number of piperidine rings is 1. The van der Waals surface area contributed by atoms with Crippen molar-refractivity contribution < 1.29 is 0 Å². The molecule has 0 bridgehead atoms. The van der Waals surface area contributed by atoms with E-state index in [1.165, 1.54) is 58.2 Å². The van der Waals surface area contributed by atoms with Crippen LogP contribution in [0.4, 0.5) is 0 Å². The molecule has 2 fully saturated rings. The molecule has 94 valence electrons. The molecule has 2 heteroatoms. The molecule has 1 aliphatic heterocycles. The second-order valence-corrected chi connectivity index (χ2v) is 6.06. The summed E-state index contributed by atoms with van der Waals surface area (Å²) in [7, 11) is 2.35. The van der Waals surface area contributed by atoms with Crippen molar-refractivity contribution in [1.82, 2.24) is 10.2 Å². The van der Waals surface area contributed by atoms with Gasteiger partial charge in [0.1, 0.15) is 0 Å². The van der Waals surface area contributed by atoms with E-state index in [1.54, 1.807) is 0 Å². The van der Waals surface area contributed by atoms with Crippen LogP contribution in [0.25, 0.3) is 0 Å². The zero-order chi connectivity index (χ0) is 11.4. The van der Waals surface area contributed by atoms with Crippen LogP contribution in [-0.2, 0) is 0 Å². The predicted molar refractivity (Wildman–Crippen MR) is 69.6 cm³/mol. The summed E-state index contributed by atoms with van der Waals surface area (Å²) >= 11 is 0. The van der Waals surface area contributed by atoms with Crippen molar-refractivity contribution in [2.24, 2.45) is 11.8 Å². The minimum Gasteiger partial charge on any atom is -0.317 e. The molecule has 2 rings (SSSR count). The third-order valence-corrected chi connectivity index (χ3v) is 4.54. The van der Waals surface area contributed by atoms with Crippen LogP contribution in [0.2, 0.25) is 0 Å². The fraction of sp³-hybridized carbons (Fsp3) is 1.00. The first-order chi connectivity index (χ1) is 7.75. The highest BCUT2D eigenvalue weighted by Crippen LogP contribution is 2.27. The average Bonchev–Trinajstić information content (AvgIpc) is 2.30. The molecule has 1 saturated carbocycles. The van der Waals surface area contributed by atoms with Crippen LogP contribution in [0.5, 0.6) is 0 Å². The van der Waals surface area contributed by atoms with E-state index in [0.717, 1.165) is 17.9 Å². The van der Waals surface area contributed by atoms with Crippen LogP contribution in [0.3, 0.4) is 0 Å². The van der Waals surface area contributed by atoms with Gasteiger partial charge in [0, 0.05) is 12.6 Å². The smallest absolute Gasteiger partial charge is 0.00948 e. The second kappa shape index (κ2) is 6.02. The largest absolute Gasteiger partial charge is 0.317 e. The van der Waals surface area contributed by atoms with Crippen molar-refractivity contribution in [3.63, 3.8) is 0 Å². The molecule has 0 aromatic heterocycles. The molecular weight excluding hydrogens is 196 g/mol. The zero-order valence-electron chi connectivity index (χ0n) is 11.0. The van der Waals surface area contributed by atoms with E-state index >= 15 is 0 Å². The van der Waals surface area contributed by atoms with Crippen LogP contribution in [0, 0.1) is 11.8 Å². The molecule has 16 heavy (non-hydrogen) atoms. The average molecular weight is 224 g/mol. The molecule has 1 heterocycles.